The van der Waals surface area contributed by atoms with Crippen LogP contribution in [-0.2, 0) is 23.9 Å². The second-order valence-electron chi connectivity index (χ2n) is 7.92. The van der Waals surface area contributed by atoms with Gasteiger partial charge in [0.2, 0.25) is 17.7 Å². The van der Waals surface area contributed by atoms with Crippen LogP contribution in [0.15, 0.2) is 0 Å². The van der Waals surface area contributed by atoms with E-state index in [4.69, 9.17) is 10.5 Å². The van der Waals surface area contributed by atoms with Gasteiger partial charge in [0.15, 0.2) is 0 Å². The Balaban J connectivity index is 4.86. The number of carbonyl (C=O) groups excluding carboxylic acids is 4. The number of esters is 1. The van der Waals surface area contributed by atoms with E-state index in [0.717, 1.165) is 0 Å². The Kier molecular flexibility index (Phi) is 12.1. The minimum Gasteiger partial charge on any atom is -0.467 e. The fraction of sp³-hybridized carbons (Fsp3) is 0.789. The quantitative estimate of drug-likeness (QED) is 0.256. The predicted molar refractivity (Wildman–Crippen MR) is 107 cm³/mol. The Bertz CT molecular complexity index is 567. The molecule has 0 radical (unpaired) electrons. The zero-order valence-corrected chi connectivity index (χ0v) is 18.2. The molecule has 0 aliphatic rings. The molecular formula is C19H36N4O6. The van der Waals surface area contributed by atoms with Gasteiger partial charge in [-0.05, 0) is 31.6 Å². The van der Waals surface area contributed by atoms with E-state index in [2.05, 4.69) is 16.0 Å². The van der Waals surface area contributed by atoms with Crippen LogP contribution in [0.3, 0.4) is 0 Å². The smallest absolute Gasteiger partial charge is 0.328 e. The third kappa shape index (κ3) is 10.2. The lowest BCUT2D eigenvalue weighted by Gasteiger charge is -2.23. The zero-order valence-electron chi connectivity index (χ0n) is 18.2. The zero-order chi connectivity index (χ0) is 22.7. The van der Waals surface area contributed by atoms with Crippen molar-refractivity contribution in [2.24, 2.45) is 17.6 Å². The summed E-state index contributed by atoms with van der Waals surface area (Å²) in [6, 6.07) is -3.90. The number of amides is 3. The molecule has 0 heterocycles. The largest absolute Gasteiger partial charge is 0.467 e. The number of nitrogens with two attached hydrogens (primary N) is 1. The lowest BCUT2D eigenvalue weighted by Crippen LogP contribution is -2.57. The predicted octanol–water partition coefficient (Wildman–Crippen LogP) is -0.954. The highest BCUT2D eigenvalue weighted by molar-refractivity contribution is 5.94. The first kappa shape index (κ1) is 26.8. The van der Waals surface area contributed by atoms with Gasteiger partial charge in [0.25, 0.3) is 0 Å². The molecule has 4 atom stereocenters. The molecule has 0 bridgehead atoms. The highest BCUT2D eigenvalue weighted by Gasteiger charge is 2.28. The third-order valence-corrected chi connectivity index (χ3v) is 4.14. The van der Waals surface area contributed by atoms with Gasteiger partial charge in [-0.3, -0.25) is 14.4 Å². The van der Waals surface area contributed by atoms with Crippen LogP contribution in [0.1, 0.15) is 47.5 Å². The van der Waals surface area contributed by atoms with Crippen LogP contribution in [0, 0.1) is 11.8 Å². The SMILES string of the molecule is COC(=O)C(CC(C)C)NC(=O)C(C)NC(=O)C(CO)NC(=O)C(N)CC(C)C. The molecule has 10 nitrogen and oxygen atoms in total. The van der Waals surface area contributed by atoms with E-state index in [1.165, 1.54) is 14.0 Å². The highest BCUT2D eigenvalue weighted by atomic mass is 16.5. The number of carbonyl (C=O) groups is 4. The molecule has 0 spiro atoms. The number of aliphatic hydroxyl groups excluding tert-OH is 1. The van der Waals surface area contributed by atoms with Gasteiger partial charge in [0.1, 0.15) is 18.1 Å². The Labute approximate surface area is 172 Å². The number of nitrogens with one attached hydrogen (secondary N) is 3. The monoisotopic (exact) mass is 416 g/mol. The molecule has 0 aliphatic carbocycles. The summed E-state index contributed by atoms with van der Waals surface area (Å²) in [7, 11) is 1.23. The Hall–Kier alpha value is -2.20. The van der Waals surface area contributed by atoms with E-state index < -0.39 is 54.5 Å². The molecule has 0 aromatic carbocycles. The Morgan fingerprint density at radius 3 is 1.79 bits per heavy atom. The van der Waals surface area contributed by atoms with Crippen molar-refractivity contribution in [3.8, 4) is 0 Å². The van der Waals surface area contributed by atoms with E-state index in [0.29, 0.717) is 12.8 Å². The summed E-state index contributed by atoms with van der Waals surface area (Å²) in [5.74, 6) is -2.15. The number of hydrogen-bond acceptors (Lipinski definition) is 7. The number of aliphatic hydroxyl groups is 1. The molecule has 0 aliphatic heterocycles. The molecule has 3 amide bonds. The molecule has 0 saturated heterocycles. The molecule has 29 heavy (non-hydrogen) atoms. The summed E-state index contributed by atoms with van der Waals surface area (Å²) >= 11 is 0. The van der Waals surface area contributed by atoms with Crippen LogP contribution in [0.4, 0.5) is 0 Å². The van der Waals surface area contributed by atoms with Crippen molar-refractivity contribution < 1.29 is 29.0 Å². The molecule has 6 N–H and O–H groups in total. The summed E-state index contributed by atoms with van der Waals surface area (Å²) in [5, 5.41) is 16.8. The average molecular weight is 417 g/mol. The summed E-state index contributed by atoms with van der Waals surface area (Å²) < 4.78 is 4.69. The van der Waals surface area contributed by atoms with Crippen LogP contribution in [0.25, 0.3) is 0 Å². The van der Waals surface area contributed by atoms with Gasteiger partial charge in [-0.25, -0.2) is 4.79 Å². The van der Waals surface area contributed by atoms with Crippen molar-refractivity contribution in [2.45, 2.75) is 71.6 Å². The summed E-state index contributed by atoms with van der Waals surface area (Å²) in [6.45, 7) is 8.38. The molecule has 0 fully saturated rings. The van der Waals surface area contributed by atoms with Gasteiger partial charge in [-0.1, -0.05) is 27.7 Å². The average Bonchev–Trinajstić information content (AvgIpc) is 2.63. The molecule has 0 aromatic heterocycles. The molecular weight excluding hydrogens is 380 g/mol. The maximum Gasteiger partial charge on any atom is 0.328 e. The fourth-order valence-electron chi connectivity index (χ4n) is 2.59. The van der Waals surface area contributed by atoms with Crippen LogP contribution in [0.5, 0.6) is 0 Å². The molecule has 10 heteroatoms. The number of ether oxygens (including phenoxy) is 1. The maximum atomic E-state index is 12.3. The van der Waals surface area contributed by atoms with E-state index >= 15 is 0 Å². The topological polar surface area (TPSA) is 160 Å². The third-order valence-electron chi connectivity index (χ3n) is 4.14. The lowest BCUT2D eigenvalue weighted by molar-refractivity contribution is -0.145. The van der Waals surface area contributed by atoms with E-state index in [1.54, 1.807) is 0 Å². The van der Waals surface area contributed by atoms with Crippen molar-refractivity contribution in [1.29, 1.82) is 0 Å². The van der Waals surface area contributed by atoms with Gasteiger partial charge in [-0.2, -0.15) is 0 Å². The van der Waals surface area contributed by atoms with Gasteiger partial charge < -0.3 is 31.5 Å². The second kappa shape index (κ2) is 13.1. The minimum atomic E-state index is -1.25. The first-order chi connectivity index (χ1) is 13.4. The summed E-state index contributed by atoms with van der Waals surface area (Å²) in [6.07, 6.45) is 0.803. The standard InChI is InChI=1S/C19H36N4O6/c1-10(2)7-13(20)17(26)23-15(9-24)18(27)21-12(5)16(25)22-14(8-11(3)4)19(28)29-6/h10-15,24H,7-9,20H2,1-6H3,(H,21,27)(H,22,25)(H,23,26). The number of hydrogen-bond donors (Lipinski definition) is 5. The summed E-state index contributed by atoms with van der Waals surface area (Å²) in [4.78, 5) is 48.6. The lowest BCUT2D eigenvalue weighted by atomic mass is 10.0. The van der Waals surface area contributed by atoms with Gasteiger partial charge in [-0.15, -0.1) is 0 Å². The van der Waals surface area contributed by atoms with Gasteiger partial charge in [0.05, 0.1) is 19.8 Å². The Morgan fingerprint density at radius 1 is 0.828 bits per heavy atom. The normalized spacial score (nSPS) is 15.2. The van der Waals surface area contributed by atoms with Crippen molar-refractivity contribution >= 4 is 23.7 Å². The highest BCUT2D eigenvalue weighted by Crippen LogP contribution is 2.07. The molecule has 168 valence electrons. The number of methoxy groups -OCH3 is 1. The van der Waals surface area contributed by atoms with Crippen molar-refractivity contribution in [1.82, 2.24) is 16.0 Å². The van der Waals surface area contributed by atoms with E-state index in [9.17, 15) is 24.3 Å². The summed E-state index contributed by atoms with van der Waals surface area (Å²) in [5.41, 5.74) is 5.77. The van der Waals surface area contributed by atoms with Gasteiger partial charge >= 0.3 is 5.97 Å². The minimum absolute atomic E-state index is 0.133. The second-order valence-corrected chi connectivity index (χ2v) is 7.92. The van der Waals surface area contributed by atoms with Crippen LogP contribution in [0.2, 0.25) is 0 Å². The molecule has 0 rings (SSSR count). The van der Waals surface area contributed by atoms with Crippen LogP contribution < -0.4 is 21.7 Å². The first-order valence-corrected chi connectivity index (χ1v) is 9.78. The molecule has 0 saturated carbocycles. The van der Waals surface area contributed by atoms with Crippen molar-refractivity contribution in [3.05, 3.63) is 0 Å². The number of rotatable bonds is 12. The van der Waals surface area contributed by atoms with Gasteiger partial charge in [0, 0.05) is 0 Å². The van der Waals surface area contributed by atoms with Crippen LogP contribution >= 0.6 is 0 Å². The van der Waals surface area contributed by atoms with Crippen molar-refractivity contribution in [3.63, 3.8) is 0 Å². The Morgan fingerprint density at radius 2 is 1.34 bits per heavy atom. The van der Waals surface area contributed by atoms with Crippen LogP contribution in [-0.4, -0.2) is 66.7 Å². The molecule has 4 unspecified atom stereocenters. The van der Waals surface area contributed by atoms with E-state index in [1.807, 2.05) is 27.7 Å². The first-order valence-electron chi connectivity index (χ1n) is 9.78. The van der Waals surface area contributed by atoms with E-state index in [-0.39, 0.29) is 11.8 Å². The maximum absolute atomic E-state index is 12.3. The van der Waals surface area contributed by atoms with Crippen molar-refractivity contribution in [2.75, 3.05) is 13.7 Å². The fourth-order valence-corrected chi connectivity index (χ4v) is 2.59. The molecule has 0 aromatic rings.